The number of aromatic nitrogens is 2. The second kappa shape index (κ2) is 2.62. The summed E-state index contributed by atoms with van der Waals surface area (Å²) in [4.78, 5) is 4.31. The molecule has 1 atom stereocenters. The zero-order valence-corrected chi connectivity index (χ0v) is 7.28. The number of fused-ring (bicyclic) bond motifs is 1. The minimum Gasteiger partial charge on any atom is -0.331 e. The van der Waals surface area contributed by atoms with Crippen molar-refractivity contribution in [3.05, 3.63) is 11.8 Å². The maximum absolute atomic E-state index is 4.31. The molecule has 1 aliphatic rings. The predicted molar refractivity (Wildman–Crippen MR) is 48.4 cm³/mol. The lowest BCUT2D eigenvalue weighted by atomic mass is 10.1. The van der Waals surface area contributed by atoms with Crippen LogP contribution < -0.4 is 5.32 Å². The molecule has 0 radical (unpaired) electrons. The molecule has 2 rings (SSSR count). The summed E-state index contributed by atoms with van der Waals surface area (Å²) in [7, 11) is 1.93. The van der Waals surface area contributed by atoms with E-state index >= 15 is 0 Å². The van der Waals surface area contributed by atoms with E-state index in [9.17, 15) is 0 Å². The van der Waals surface area contributed by atoms with Crippen LogP contribution in [0.5, 0.6) is 0 Å². The first-order valence-corrected chi connectivity index (χ1v) is 4.13. The molecule has 4 nitrogen and oxygen atoms in total. The summed E-state index contributed by atoms with van der Waals surface area (Å²) in [6.45, 7) is 2.13. The third-order valence-corrected chi connectivity index (χ3v) is 2.17. The molecule has 1 aromatic rings. The molecule has 0 bridgehead atoms. The van der Waals surface area contributed by atoms with Crippen molar-refractivity contribution in [2.75, 3.05) is 5.32 Å². The summed E-state index contributed by atoms with van der Waals surface area (Å²) in [6.07, 6.45) is 4.65. The van der Waals surface area contributed by atoms with Crippen LogP contribution in [-0.2, 0) is 7.05 Å². The molecule has 1 aliphatic heterocycles. The van der Waals surface area contributed by atoms with Gasteiger partial charge in [-0.15, -0.1) is 0 Å². The third kappa shape index (κ3) is 0.913. The monoisotopic (exact) mass is 164 g/mol. The quantitative estimate of drug-likeness (QED) is 0.680. The number of hydrogen-bond acceptors (Lipinski definition) is 3. The average Bonchev–Trinajstić information content (AvgIpc) is 2.48. The van der Waals surface area contributed by atoms with Gasteiger partial charge in [-0.05, 0) is 6.42 Å². The van der Waals surface area contributed by atoms with Gasteiger partial charge >= 0.3 is 0 Å². The van der Waals surface area contributed by atoms with Crippen molar-refractivity contribution in [2.24, 2.45) is 12.0 Å². The molecule has 0 saturated carbocycles. The first-order valence-electron chi connectivity index (χ1n) is 4.13. The van der Waals surface area contributed by atoms with E-state index in [4.69, 9.17) is 0 Å². The fourth-order valence-electron chi connectivity index (χ4n) is 1.47. The number of aliphatic imine (C=N–C) groups is 1. The van der Waals surface area contributed by atoms with Gasteiger partial charge in [-0.25, -0.2) is 0 Å². The van der Waals surface area contributed by atoms with Gasteiger partial charge in [-0.3, -0.25) is 9.67 Å². The molecule has 0 fully saturated rings. The zero-order chi connectivity index (χ0) is 8.55. The standard InChI is InChI=1S/C8H12N4/c1-3-7-6-4-11-12(2)8(6)10-5-9-7/h4-5,7H,3H2,1-2H3,(H,9,10). The highest BCUT2D eigenvalue weighted by Crippen LogP contribution is 2.29. The molecule has 0 saturated heterocycles. The van der Waals surface area contributed by atoms with Crippen molar-refractivity contribution >= 4 is 12.2 Å². The van der Waals surface area contributed by atoms with Gasteiger partial charge in [-0.1, -0.05) is 6.92 Å². The Labute approximate surface area is 71.3 Å². The van der Waals surface area contributed by atoms with E-state index in [1.165, 1.54) is 5.56 Å². The first kappa shape index (κ1) is 7.34. The lowest BCUT2D eigenvalue weighted by Crippen LogP contribution is -2.11. The summed E-state index contributed by atoms with van der Waals surface area (Å²) in [5.74, 6) is 1.07. The Hall–Kier alpha value is -1.32. The summed E-state index contributed by atoms with van der Waals surface area (Å²) in [6, 6.07) is 0.287. The second-order valence-electron chi connectivity index (χ2n) is 2.92. The Balaban J connectivity index is 2.44. The van der Waals surface area contributed by atoms with E-state index in [-0.39, 0.29) is 6.04 Å². The van der Waals surface area contributed by atoms with Gasteiger partial charge in [0.2, 0.25) is 0 Å². The maximum atomic E-state index is 4.31. The molecule has 0 spiro atoms. The molecule has 1 aromatic heterocycles. The Kier molecular flexibility index (Phi) is 1.60. The molecule has 0 aliphatic carbocycles. The van der Waals surface area contributed by atoms with Gasteiger partial charge in [-0.2, -0.15) is 5.10 Å². The summed E-state index contributed by atoms with van der Waals surface area (Å²) in [5.41, 5.74) is 1.20. The van der Waals surface area contributed by atoms with Gasteiger partial charge in [0.05, 0.1) is 18.6 Å². The summed E-state index contributed by atoms with van der Waals surface area (Å²) < 4.78 is 1.84. The van der Waals surface area contributed by atoms with Gasteiger partial charge in [0.25, 0.3) is 0 Å². The molecule has 1 unspecified atom stereocenters. The highest BCUT2D eigenvalue weighted by molar-refractivity contribution is 5.78. The van der Waals surface area contributed by atoms with Crippen LogP contribution in [0.15, 0.2) is 11.2 Å². The van der Waals surface area contributed by atoms with Gasteiger partial charge < -0.3 is 5.32 Å². The topological polar surface area (TPSA) is 42.2 Å². The smallest absolute Gasteiger partial charge is 0.134 e. The SMILES string of the molecule is CCC1N=CNc2c1cnn2C. The van der Waals surface area contributed by atoms with Gasteiger partial charge in [0.1, 0.15) is 5.82 Å². The Morgan fingerprint density at radius 3 is 3.25 bits per heavy atom. The van der Waals surface area contributed by atoms with Crippen molar-refractivity contribution in [3.8, 4) is 0 Å². The van der Waals surface area contributed by atoms with E-state index < -0.39 is 0 Å². The van der Waals surface area contributed by atoms with Crippen molar-refractivity contribution < 1.29 is 0 Å². The zero-order valence-electron chi connectivity index (χ0n) is 7.28. The van der Waals surface area contributed by atoms with Crippen LogP contribution >= 0.6 is 0 Å². The lowest BCUT2D eigenvalue weighted by molar-refractivity contribution is 0.697. The number of nitrogens with one attached hydrogen (secondary N) is 1. The number of rotatable bonds is 1. The maximum Gasteiger partial charge on any atom is 0.134 e. The Morgan fingerprint density at radius 2 is 2.50 bits per heavy atom. The molecule has 2 heterocycles. The number of anilines is 1. The highest BCUT2D eigenvalue weighted by Gasteiger charge is 2.18. The number of aryl methyl sites for hydroxylation is 1. The van der Waals surface area contributed by atoms with Crippen LogP contribution in [0.4, 0.5) is 5.82 Å². The van der Waals surface area contributed by atoms with E-state index in [1.54, 1.807) is 6.34 Å². The minimum absolute atomic E-state index is 0.287. The lowest BCUT2D eigenvalue weighted by Gasteiger charge is -2.15. The summed E-state index contributed by atoms with van der Waals surface area (Å²) in [5, 5.41) is 7.25. The average molecular weight is 164 g/mol. The fraction of sp³-hybridized carbons (Fsp3) is 0.500. The van der Waals surface area contributed by atoms with E-state index in [0.29, 0.717) is 0 Å². The minimum atomic E-state index is 0.287. The van der Waals surface area contributed by atoms with Crippen molar-refractivity contribution in [3.63, 3.8) is 0 Å². The van der Waals surface area contributed by atoms with Crippen LogP contribution in [-0.4, -0.2) is 16.1 Å². The van der Waals surface area contributed by atoms with E-state index in [2.05, 4.69) is 22.3 Å². The van der Waals surface area contributed by atoms with Crippen LogP contribution in [0.25, 0.3) is 0 Å². The second-order valence-corrected chi connectivity index (χ2v) is 2.92. The van der Waals surface area contributed by atoms with Crippen LogP contribution in [0.3, 0.4) is 0 Å². The van der Waals surface area contributed by atoms with Crippen LogP contribution in [0.1, 0.15) is 24.9 Å². The molecule has 64 valence electrons. The third-order valence-electron chi connectivity index (χ3n) is 2.17. The number of nitrogens with zero attached hydrogens (tertiary/aromatic N) is 3. The number of hydrogen-bond donors (Lipinski definition) is 1. The molecular weight excluding hydrogens is 152 g/mol. The Morgan fingerprint density at radius 1 is 1.67 bits per heavy atom. The molecule has 0 aromatic carbocycles. The van der Waals surface area contributed by atoms with Crippen LogP contribution in [0.2, 0.25) is 0 Å². The molecule has 1 N–H and O–H groups in total. The highest BCUT2D eigenvalue weighted by atomic mass is 15.3. The molecule has 4 heteroatoms. The normalized spacial score (nSPS) is 20.3. The van der Waals surface area contributed by atoms with E-state index in [1.807, 2.05) is 17.9 Å². The Bertz CT molecular complexity index is 313. The van der Waals surface area contributed by atoms with Gasteiger partial charge in [0.15, 0.2) is 0 Å². The predicted octanol–water partition coefficient (Wildman–Crippen LogP) is 1.32. The van der Waals surface area contributed by atoms with Gasteiger partial charge in [0, 0.05) is 12.6 Å². The largest absolute Gasteiger partial charge is 0.331 e. The van der Waals surface area contributed by atoms with Crippen LogP contribution in [0, 0.1) is 0 Å². The fourth-order valence-corrected chi connectivity index (χ4v) is 1.47. The molecular formula is C8H12N4. The molecule has 12 heavy (non-hydrogen) atoms. The first-order chi connectivity index (χ1) is 5.83. The molecule has 0 amide bonds. The van der Waals surface area contributed by atoms with Crippen molar-refractivity contribution in [2.45, 2.75) is 19.4 Å². The van der Waals surface area contributed by atoms with E-state index in [0.717, 1.165) is 12.2 Å². The summed E-state index contributed by atoms with van der Waals surface area (Å²) >= 11 is 0. The van der Waals surface area contributed by atoms with Crippen molar-refractivity contribution in [1.29, 1.82) is 0 Å². The van der Waals surface area contributed by atoms with Crippen molar-refractivity contribution in [1.82, 2.24) is 9.78 Å².